The van der Waals surface area contributed by atoms with E-state index < -0.39 is 0 Å². The third-order valence-corrected chi connectivity index (χ3v) is 5.81. The molecule has 0 saturated carbocycles. The molecule has 0 aromatic rings. The Hall–Kier alpha value is -0.520. The van der Waals surface area contributed by atoms with Gasteiger partial charge in [-0.3, -0.25) is 4.79 Å². The van der Waals surface area contributed by atoms with E-state index in [0.29, 0.717) is 12.5 Å². The van der Waals surface area contributed by atoms with Crippen molar-refractivity contribution in [3.63, 3.8) is 0 Å². The molecular weight excluding hydrogens is 360 g/mol. The molecule has 2 atom stereocenters. The summed E-state index contributed by atoms with van der Waals surface area (Å²) >= 11 is 1.84. The number of carbonyl (C=O) groups excluding carboxylic acids is 1. The molecule has 0 bridgehead atoms. The van der Waals surface area contributed by atoms with Crippen LogP contribution in [0.5, 0.6) is 0 Å². The number of unbranched alkanes of at least 4 members (excludes halogenated alkanes) is 4. The van der Waals surface area contributed by atoms with Crippen LogP contribution in [0.3, 0.4) is 0 Å². The minimum absolute atomic E-state index is 0.0556. The second-order valence-electron chi connectivity index (χ2n) is 7.18. The Morgan fingerprint density at radius 3 is 2.59 bits per heavy atom. The van der Waals surface area contributed by atoms with Crippen molar-refractivity contribution in [2.75, 3.05) is 25.2 Å². The van der Waals surface area contributed by atoms with Crippen molar-refractivity contribution in [1.82, 2.24) is 0 Å². The van der Waals surface area contributed by atoms with Crippen molar-refractivity contribution in [3.05, 3.63) is 12.2 Å². The van der Waals surface area contributed by atoms with Gasteiger partial charge in [-0.15, -0.1) is 0 Å². The number of ether oxygens (including phenoxy) is 3. The van der Waals surface area contributed by atoms with Crippen molar-refractivity contribution >= 4 is 17.7 Å². The Labute approximate surface area is 170 Å². The minimum atomic E-state index is -0.107. The van der Waals surface area contributed by atoms with Crippen molar-refractivity contribution in [1.29, 1.82) is 0 Å². The first kappa shape index (κ1) is 24.5. The van der Waals surface area contributed by atoms with E-state index in [-0.39, 0.29) is 12.3 Å². The van der Waals surface area contributed by atoms with Crippen LogP contribution in [0.2, 0.25) is 0 Å². The predicted molar refractivity (Wildman–Crippen MR) is 114 cm³/mol. The highest BCUT2D eigenvalue weighted by molar-refractivity contribution is 7.99. The average molecular weight is 401 g/mol. The van der Waals surface area contributed by atoms with Gasteiger partial charge in [0.05, 0.1) is 19.6 Å². The predicted octanol–water partition coefficient (Wildman–Crippen LogP) is 5.89. The lowest BCUT2D eigenvalue weighted by Crippen LogP contribution is -2.21. The normalized spacial score (nSPS) is 18.2. The van der Waals surface area contributed by atoms with Crippen LogP contribution in [0.15, 0.2) is 12.2 Å². The molecule has 158 valence electrons. The number of esters is 1. The fourth-order valence-corrected chi connectivity index (χ4v) is 4.09. The molecular formula is C22H40O4S. The molecule has 1 fully saturated rings. The molecule has 1 heterocycles. The molecule has 0 amide bonds. The highest BCUT2D eigenvalue weighted by Gasteiger charge is 2.20. The highest BCUT2D eigenvalue weighted by Crippen LogP contribution is 2.20. The number of rotatable bonds is 17. The van der Waals surface area contributed by atoms with Gasteiger partial charge in [0, 0.05) is 18.8 Å². The fourth-order valence-electron chi connectivity index (χ4n) is 3.17. The van der Waals surface area contributed by atoms with E-state index in [9.17, 15) is 4.79 Å². The molecule has 27 heavy (non-hydrogen) atoms. The molecule has 1 saturated heterocycles. The lowest BCUT2D eigenvalue weighted by atomic mass is 10.1. The topological polar surface area (TPSA) is 44.8 Å². The van der Waals surface area contributed by atoms with Crippen LogP contribution in [0.25, 0.3) is 0 Å². The van der Waals surface area contributed by atoms with Gasteiger partial charge in [0.15, 0.2) is 6.29 Å². The molecule has 0 aromatic heterocycles. The van der Waals surface area contributed by atoms with Crippen LogP contribution in [0, 0.1) is 0 Å². The van der Waals surface area contributed by atoms with E-state index in [1.165, 1.54) is 45.6 Å². The van der Waals surface area contributed by atoms with Crippen LogP contribution in [-0.4, -0.2) is 43.6 Å². The van der Waals surface area contributed by atoms with E-state index in [2.05, 4.69) is 23.8 Å². The summed E-state index contributed by atoms with van der Waals surface area (Å²) in [5.74, 6) is 1.90. The zero-order valence-electron chi connectivity index (χ0n) is 17.5. The molecule has 0 radical (unpaired) electrons. The first-order valence-electron chi connectivity index (χ1n) is 10.8. The number of allylic oxidation sites excluding steroid dienone is 2. The van der Waals surface area contributed by atoms with Gasteiger partial charge in [-0.05, 0) is 57.1 Å². The third kappa shape index (κ3) is 14.2. The summed E-state index contributed by atoms with van der Waals surface area (Å²) in [6.07, 6.45) is 18.6. The summed E-state index contributed by atoms with van der Waals surface area (Å²) in [5, 5.41) is 0. The summed E-state index contributed by atoms with van der Waals surface area (Å²) in [5.41, 5.74) is 0. The Kier molecular flexibility index (Phi) is 16.0. The van der Waals surface area contributed by atoms with Crippen LogP contribution in [-0.2, 0) is 19.0 Å². The maximum atomic E-state index is 11.0. The summed E-state index contributed by atoms with van der Waals surface area (Å²) in [6.45, 7) is 3.09. The van der Waals surface area contributed by atoms with Gasteiger partial charge >= 0.3 is 5.97 Å². The molecule has 0 N–H and O–H groups in total. The van der Waals surface area contributed by atoms with E-state index >= 15 is 0 Å². The zero-order valence-corrected chi connectivity index (χ0v) is 18.3. The monoisotopic (exact) mass is 400 g/mol. The number of hydrogen-bond donors (Lipinski definition) is 0. The Morgan fingerprint density at radius 2 is 1.93 bits per heavy atom. The molecule has 1 aliphatic heterocycles. The van der Waals surface area contributed by atoms with Crippen molar-refractivity contribution in [2.45, 2.75) is 96.4 Å². The quantitative estimate of drug-likeness (QED) is 0.173. The van der Waals surface area contributed by atoms with E-state index in [0.717, 1.165) is 50.2 Å². The molecule has 4 nitrogen and oxygen atoms in total. The molecule has 0 spiro atoms. The standard InChI is InChI=1S/C22H40O4S/c1-3-13-20(26-22-15-12-17-25-22)14-10-8-6-4-5-7-9-11-18-27-19-16-21(23)24-2/h4-5,20,22H,3,6-19H2,1-2H3/b5-4-. The average Bonchev–Trinajstić information content (AvgIpc) is 3.18. The lowest BCUT2D eigenvalue weighted by molar-refractivity contribution is -0.147. The SMILES string of the molecule is CCCC(CCCC/C=C\CCCCSCCC(=O)OC)OC1CCCO1. The van der Waals surface area contributed by atoms with Crippen molar-refractivity contribution < 1.29 is 19.0 Å². The van der Waals surface area contributed by atoms with E-state index in [1.54, 1.807) is 0 Å². The fraction of sp³-hybridized carbons (Fsp3) is 0.864. The van der Waals surface area contributed by atoms with Gasteiger partial charge in [0.1, 0.15) is 0 Å². The maximum Gasteiger partial charge on any atom is 0.306 e. The molecule has 1 aliphatic rings. The number of hydrogen-bond acceptors (Lipinski definition) is 5. The largest absolute Gasteiger partial charge is 0.469 e. The zero-order chi connectivity index (χ0) is 19.6. The Morgan fingerprint density at radius 1 is 1.15 bits per heavy atom. The van der Waals surface area contributed by atoms with Crippen LogP contribution < -0.4 is 0 Å². The molecule has 2 unspecified atom stereocenters. The van der Waals surface area contributed by atoms with Crippen LogP contribution in [0.1, 0.15) is 84.0 Å². The van der Waals surface area contributed by atoms with Crippen molar-refractivity contribution in [2.24, 2.45) is 0 Å². The molecule has 0 aromatic carbocycles. The summed E-state index contributed by atoms with van der Waals surface area (Å²) in [6, 6.07) is 0. The van der Waals surface area contributed by atoms with Crippen LogP contribution >= 0.6 is 11.8 Å². The Bertz CT molecular complexity index is 381. The molecule has 1 rings (SSSR count). The van der Waals surface area contributed by atoms with Gasteiger partial charge in [-0.1, -0.05) is 31.9 Å². The first-order chi connectivity index (χ1) is 13.3. The molecule has 0 aliphatic carbocycles. The third-order valence-electron chi connectivity index (χ3n) is 4.74. The first-order valence-corrected chi connectivity index (χ1v) is 12.0. The number of thioether (sulfide) groups is 1. The van der Waals surface area contributed by atoms with Gasteiger partial charge in [0.25, 0.3) is 0 Å². The lowest BCUT2D eigenvalue weighted by Gasteiger charge is -2.21. The van der Waals surface area contributed by atoms with Crippen molar-refractivity contribution in [3.8, 4) is 0 Å². The number of carbonyl (C=O) groups is 1. The summed E-state index contributed by atoms with van der Waals surface area (Å²) in [7, 11) is 1.45. The Balaban J connectivity index is 1.90. The van der Waals surface area contributed by atoms with E-state index in [4.69, 9.17) is 9.47 Å². The van der Waals surface area contributed by atoms with Gasteiger partial charge < -0.3 is 14.2 Å². The summed E-state index contributed by atoms with van der Waals surface area (Å²) < 4.78 is 16.3. The van der Waals surface area contributed by atoms with Gasteiger partial charge in [-0.2, -0.15) is 11.8 Å². The maximum absolute atomic E-state index is 11.0. The van der Waals surface area contributed by atoms with Gasteiger partial charge in [-0.25, -0.2) is 0 Å². The van der Waals surface area contributed by atoms with Crippen LogP contribution in [0.4, 0.5) is 0 Å². The van der Waals surface area contributed by atoms with Gasteiger partial charge in [0.2, 0.25) is 0 Å². The smallest absolute Gasteiger partial charge is 0.306 e. The molecule has 5 heteroatoms. The highest BCUT2D eigenvalue weighted by atomic mass is 32.2. The minimum Gasteiger partial charge on any atom is -0.469 e. The second-order valence-corrected chi connectivity index (χ2v) is 8.40. The second kappa shape index (κ2) is 17.6. The van der Waals surface area contributed by atoms with E-state index in [1.807, 2.05) is 11.8 Å². The number of methoxy groups -OCH3 is 1. The summed E-state index contributed by atoms with van der Waals surface area (Å²) in [4.78, 5) is 11.0.